The molecule has 0 radical (unpaired) electrons. The molecular formula is C21H21NO6. The van der Waals surface area contributed by atoms with E-state index in [1.54, 1.807) is 43.5 Å². The van der Waals surface area contributed by atoms with Gasteiger partial charge in [0, 0.05) is 6.42 Å². The van der Waals surface area contributed by atoms with Gasteiger partial charge in [-0.3, -0.25) is 19.3 Å². The van der Waals surface area contributed by atoms with Crippen molar-refractivity contribution < 1.29 is 28.6 Å². The fourth-order valence-corrected chi connectivity index (χ4v) is 2.90. The van der Waals surface area contributed by atoms with Crippen LogP contribution in [-0.2, 0) is 9.53 Å². The van der Waals surface area contributed by atoms with Gasteiger partial charge in [-0.05, 0) is 30.7 Å². The Bertz CT molecular complexity index is 844. The number of imide groups is 1. The predicted molar refractivity (Wildman–Crippen MR) is 100 cm³/mol. The second-order valence-corrected chi connectivity index (χ2v) is 6.13. The van der Waals surface area contributed by atoms with E-state index < -0.39 is 5.97 Å². The second kappa shape index (κ2) is 9.03. The van der Waals surface area contributed by atoms with Crippen LogP contribution in [0, 0.1) is 0 Å². The van der Waals surface area contributed by atoms with Gasteiger partial charge in [0.15, 0.2) is 11.5 Å². The lowest BCUT2D eigenvalue weighted by molar-refractivity contribution is -0.144. The smallest absolute Gasteiger partial charge is 0.305 e. The van der Waals surface area contributed by atoms with Gasteiger partial charge >= 0.3 is 5.97 Å². The Morgan fingerprint density at radius 3 is 2.14 bits per heavy atom. The standard InChI is InChI=1S/C21H21NO6/c1-26-17-9-4-5-10-18(17)27-13-6-11-19(23)28-14-12-22-20(24)15-7-2-3-8-16(15)21(22)25/h2-5,7-10H,6,11-14H2,1H3. The van der Waals surface area contributed by atoms with Gasteiger partial charge < -0.3 is 14.2 Å². The number of ether oxygens (including phenoxy) is 3. The first-order chi connectivity index (χ1) is 13.6. The molecule has 2 aromatic carbocycles. The summed E-state index contributed by atoms with van der Waals surface area (Å²) < 4.78 is 15.9. The summed E-state index contributed by atoms with van der Waals surface area (Å²) in [6.45, 7) is 0.349. The predicted octanol–water partition coefficient (Wildman–Crippen LogP) is 2.69. The first-order valence-corrected chi connectivity index (χ1v) is 8.98. The number of methoxy groups -OCH3 is 1. The minimum absolute atomic E-state index is 0.0301. The molecule has 7 heteroatoms. The van der Waals surface area contributed by atoms with Gasteiger partial charge in [0.2, 0.25) is 0 Å². The Morgan fingerprint density at radius 1 is 0.893 bits per heavy atom. The third-order valence-electron chi connectivity index (χ3n) is 4.31. The van der Waals surface area contributed by atoms with Crippen LogP contribution in [0.15, 0.2) is 48.5 Å². The van der Waals surface area contributed by atoms with Crippen LogP contribution in [0.5, 0.6) is 11.5 Å². The van der Waals surface area contributed by atoms with Crippen molar-refractivity contribution in [1.29, 1.82) is 0 Å². The minimum Gasteiger partial charge on any atom is -0.493 e. The first-order valence-electron chi connectivity index (χ1n) is 8.98. The zero-order valence-electron chi connectivity index (χ0n) is 15.6. The molecule has 0 saturated heterocycles. The van der Waals surface area contributed by atoms with Crippen LogP contribution in [0.4, 0.5) is 0 Å². The number of carbonyl (C=O) groups excluding carboxylic acids is 3. The number of nitrogens with zero attached hydrogens (tertiary/aromatic N) is 1. The van der Waals surface area contributed by atoms with Crippen LogP contribution >= 0.6 is 0 Å². The van der Waals surface area contributed by atoms with Crippen LogP contribution in [0.1, 0.15) is 33.6 Å². The molecule has 0 saturated carbocycles. The highest BCUT2D eigenvalue weighted by Crippen LogP contribution is 2.26. The van der Waals surface area contributed by atoms with Crippen molar-refractivity contribution in [2.75, 3.05) is 26.9 Å². The summed E-state index contributed by atoms with van der Waals surface area (Å²) in [5, 5.41) is 0. The Balaban J connectivity index is 1.36. The average molecular weight is 383 g/mol. The number of hydrogen-bond donors (Lipinski definition) is 0. The third-order valence-corrected chi connectivity index (χ3v) is 4.31. The van der Waals surface area contributed by atoms with Gasteiger partial charge in [-0.2, -0.15) is 0 Å². The fourth-order valence-electron chi connectivity index (χ4n) is 2.90. The highest BCUT2D eigenvalue weighted by molar-refractivity contribution is 6.21. The van der Waals surface area contributed by atoms with Crippen molar-refractivity contribution in [2.24, 2.45) is 0 Å². The van der Waals surface area contributed by atoms with Gasteiger partial charge in [0.1, 0.15) is 6.61 Å². The third kappa shape index (κ3) is 4.31. The fraction of sp³-hybridized carbons (Fsp3) is 0.286. The Labute approximate surface area is 162 Å². The van der Waals surface area contributed by atoms with E-state index in [-0.39, 0.29) is 31.4 Å². The average Bonchev–Trinajstić information content (AvgIpc) is 2.96. The van der Waals surface area contributed by atoms with Crippen LogP contribution in [0.3, 0.4) is 0 Å². The van der Waals surface area contributed by atoms with E-state index in [0.29, 0.717) is 35.7 Å². The monoisotopic (exact) mass is 383 g/mol. The van der Waals surface area contributed by atoms with Gasteiger partial charge in [-0.25, -0.2) is 0 Å². The summed E-state index contributed by atoms with van der Waals surface area (Å²) in [4.78, 5) is 37.4. The number of fused-ring (bicyclic) bond motifs is 1. The molecule has 2 aromatic rings. The number of esters is 1. The van der Waals surface area contributed by atoms with Gasteiger partial charge in [-0.15, -0.1) is 0 Å². The molecule has 1 heterocycles. The quantitative estimate of drug-likeness (QED) is 0.376. The Morgan fingerprint density at radius 2 is 1.50 bits per heavy atom. The van der Waals surface area contributed by atoms with E-state index in [0.717, 1.165) is 4.90 Å². The molecule has 0 atom stereocenters. The maximum absolute atomic E-state index is 12.2. The van der Waals surface area contributed by atoms with Crippen molar-refractivity contribution in [3.8, 4) is 11.5 Å². The molecule has 3 rings (SSSR count). The molecule has 0 aliphatic carbocycles. The van der Waals surface area contributed by atoms with Crippen LogP contribution < -0.4 is 9.47 Å². The van der Waals surface area contributed by atoms with E-state index in [1.807, 2.05) is 12.1 Å². The van der Waals surface area contributed by atoms with E-state index >= 15 is 0 Å². The molecule has 1 aliphatic rings. The van der Waals surface area contributed by atoms with Gasteiger partial charge in [0.25, 0.3) is 11.8 Å². The van der Waals surface area contributed by atoms with Crippen molar-refractivity contribution >= 4 is 17.8 Å². The zero-order valence-corrected chi connectivity index (χ0v) is 15.6. The summed E-state index contributed by atoms with van der Waals surface area (Å²) >= 11 is 0. The summed E-state index contributed by atoms with van der Waals surface area (Å²) in [5.74, 6) is 0.124. The van der Waals surface area contributed by atoms with Crippen LogP contribution in [-0.4, -0.2) is 49.6 Å². The minimum atomic E-state index is -0.403. The molecule has 0 fully saturated rings. The maximum atomic E-state index is 12.2. The molecule has 0 N–H and O–H groups in total. The number of amides is 2. The number of benzene rings is 2. The van der Waals surface area contributed by atoms with Crippen molar-refractivity contribution in [1.82, 2.24) is 4.90 Å². The Kier molecular flexibility index (Phi) is 6.26. The lowest BCUT2D eigenvalue weighted by Gasteiger charge is -2.14. The molecule has 0 unspecified atom stereocenters. The second-order valence-electron chi connectivity index (χ2n) is 6.13. The highest BCUT2D eigenvalue weighted by Gasteiger charge is 2.34. The summed E-state index contributed by atoms with van der Waals surface area (Å²) in [7, 11) is 1.56. The highest BCUT2D eigenvalue weighted by atomic mass is 16.5. The van der Waals surface area contributed by atoms with Crippen molar-refractivity contribution in [3.05, 3.63) is 59.7 Å². The molecule has 7 nitrogen and oxygen atoms in total. The number of carbonyl (C=O) groups is 3. The van der Waals surface area contributed by atoms with Gasteiger partial charge in [-0.1, -0.05) is 24.3 Å². The topological polar surface area (TPSA) is 82.1 Å². The van der Waals surface area contributed by atoms with Crippen LogP contribution in [0.25, 0.3) is 0 Å². The summed E-state index contributed by atoms with van der Waals surface area (Å²) in [6.07, 6.45) is 0.654. The number of para-hydroxylation sites is 2. The molecule has 2 amide bonds. The zero-order chi connectivity index (χ0) is 19.9. The molecular weight excluding hydrogens is 362 g/mol. The summed E-state index contributed by atoms with van der Waals surface area (Å²) in [6, 6.07) is 13.9. The summed E-state index contributed by atoms with van der Waals surface area (Å²) in [5.41, 5.74) is 0.764. The largest absolute Gasteiger partial charge is 0.493 e. The molecule has 1 aliphatic heterocycles. The molecule has 0 bridgehead atoms. The van der Waals surface area contributed by atoms with Crippen LogP contribution in [0.2, 0.25) is 0 Å². The van der Waals surface area contributed by atoms with E-state index in [2.05, 4.69) is 0 Å². The number of rotatable bonds is 9. The maximum Gasteiger partial charge on any atom is 0.305 e. The van der Waals surface area contributed by atoms with E-state index in [4.69, 9.17) is 14.2 Å². The van der Waals surface area contributed by atoms with E-state index in [1.165, 1.54) is 0 Å². The van der Waals surface area contributed by atoms with Crippen molar-refractivity contribution in [2.45, 2.75) is 12.8 Å². The van der Waals surface area contributed by atoms with Gasteiger partial charge in [0.05, 0.1) is 31.4 Å². The van der Waals surface area contributed by atoms with Crippen molar-refractivity contribution in [3.63, 3.8) is 0 Å². The molecule has 0 spiro atoms. The molecule has 28 heavy (non-hydrogen) atoms. The molecule has 146 valence electrons. The Hall–Kier alpha value is -3.35. The number of hydrogen-bond acceptors (Lipinski definition) is 6. The molecule has 0 aromatic heterocycles. The SMILES string of the molecule is COc1ccccc1OCCCC(=O)OCCN1C(=O)c2ccccc2C1=O. The normalized spacial score (nSPS) is 12.7. The lowest BCUT2D eigenvalue weighted by Crippen LogP contribution is -2.33. The van der Waals surface area contributed by atoms with E-state index in [9.17, 15) is 14.4 Å². The lowest BCUT2D eigenvalue weighted by atomic mass is 10.1. The first kappa shape index (κ1) is 19.4.